The number of carbonyl (C=O) groups is 3. The molecule has 7 heteroatoms. The SMILES string of the molecule is COc1ccc(C(=O)O[C@H]2CCCN(C(=O)OCc3ccccc3)[C@@H]2CC(=O)c2ccccc2)cc1. The third kappa shape index (κ3) is 6.30. The number of benzene rings is 3. The molecule has 3 aromatic rings. The fourth-order valence-corrected chi connectivity index (χ4v) is 4.29. The lowest BCUT2D eigenvalue weighted by atomic mass is 9.92. The third-order valence-corrected chi connectivity index (χ3v) is 6.23. The van der Waals surface area contributed by atoms with E-state index in [-0.39, 0.29) is 18.8 Å². The van der Waals surface area contributed by atoms with Gasteiger partial charge in [-0.3, -0.25) is 4.79 Å². The Morgan fingerprint density at radius 2 is 1.53 bits per heavy atom. The van der Waals surface area contributed by atoms with Crippen molar-refractivity contribution in [1.82, 2.24) is 4.90 Å². The maximum Gasteiger partial charge on any atom is 0.410 e. The Morgan fingerprint density at radius 1 is 0.861 bits per heavy atom. The summed E-state index contributed by atoms with van der Waals surface area (Å²) in [6.45, 7) is 0.531. The molecule has 7 nitrogen and oxygen atoms in total. The summed E-state index contributed by atoms with van der Waals surface area (Å²) in [7, 11) is 1.55. The largest absolute Gasteiger partial charge is 0.497 e. The van der Waals surface area contributed by atoms with Crippen LogP contribution in [-0.4, -0.2) is 48.5 Å². The van der Waals surface area contributed by atoms with Crippen molar-refractivity contribution in [2.24, 2.45) is 0 Å². The Morgan fingerprint density at radius 3 is 2.19 bits per heavy atom. The van der Waals surface area contributed by atoms with Crippen LogP contribution in [0.1, 0.15) is 45.5 Å². The number of nitrogens with zero attached hydrogens (tertiary/aromatic N) is 1. The molecule has 36 heavy (non-hydrogen) atoms. The van der Waals surface area contributed by atoms with E-state index < -0.39 is 24.2 Å². The number of ether oxygens (including phenoxy) is 3. The van der Waals surface area contributed by atoms with Crippen LogP contribution in [0.2, 0.25) is 0 Å². The van der Waals surface area contributed by atoms with Gasteiger partial charge in [0.1, 0.15) is 18.5 Å². The molecular weight excluding hydrogens is 458 g/mol. The zero-order valence-electron chi connectivity index (χ0n) is 20.2. The summed E-state index contributed by atoms with van der Waals surface area (Å²) in [5.74, 6) is -0.0175. The maximum absolute atomic E-state index is 13.1. The summed E-state index contributed by atoms with van der Waals surface area (Å²) >= 11 is 0. The predicted octanol–water partition coefficient (Wildman–Crippen LogP) is 5.29. The van der Waals surface area contributed by atoms with Crippen LogP contribution in [-0.2, 0) is 16.1 Å². The van der Waals surface area contributed by atoms with Gasteiger partial charge >= 0.3 is 12.1 Å². The van der Waals surface area contributed by atoms with Gasteiger partial charge in [0.2, 0.25) is 0 Å². The van der Waals surface area contributed by atoms with Crippen molar-refractivity contribution in [3.8, 4) is 5.75 Å². The molecule has 0 saturated carbocycles. The van der Waals surface area contributed by atoms with E-state index in [0.29, 0.717) is 36.3 Å². The van der Waals surface area contributed by atoms with Crippen molar-refractivity contribution in [1.29, 1.82) is 0 Å². The highest BCUT2D eigenvalue weighted by Crippen LogP contribution is 2.27. The molecule has 0 aliphatic carbocycles. The topological polar surface area (TPSA) is 82.1 Å². The molecule has 0 radical (unpaired) electrons. The summed E-state index contributed by atoms with van der Waals surface area (Å²) in [5, 5.41) is 0. The maximum atomic E-state index is 13.1. The number of rotatable bonds is 8. The van der Waals surface area contributed by atoms with Crippen molar-refractivity contribution in [3.63, 3.8) is 0 Å². The summed E-state index contributed by atoms with van der Waals surface area (Å²) in [6.07, 6.45) is -0.000678. The molecule has 0 N–H and O–H groups in total. The summed E-state index contributed by atoms with van der Waals surface area (Å²) in [5.41, 5.74) is 1.77. The second kappa shape index (κ2) is 12.0. The van der Waals surface area contributed by atoms with Gasteiger partial charge in [-0.05, 0) is 42.7 Å². The van der Waals surface area contributed by atoms with Crippen LogP contribution in [0.15, 0.2) is 84.9 Å². The van der Waals surface area contributed by atoms with Crippen molar-refractivity contribution < 1.29 is 28.6 Å². The van der Waals surface area contributed by atoms with Gasteiger partial charge < -0.3 is 19.1 Å². The van der Waals surface area contributed by atoms with E-state index in [2.05, 4.69) is 0 Å². The predicted molar refractivity (Wildman–Crippen MR) is 134 cm³/mol. The fraction of sp³-hybridized carbons (Fsp3) is 0.276. The highest BCUT2D eigenvalue weighted by Gasteiger charge is 2.39. The van der Waals surface area contributed by atoms with Crippen LogP contribution < -0.4 is 4.74 Å². The van der Waals surface area contributed by atoms with Gasteiger partial charge in [0.05, 0.1) is 18.7 Å². The number of hydrogen-bond donors (Lipinski definition) is 0. The number of Topliss-reactive ketones (excluding diaryl/α,β-unsaturated/α-hetero) is 1. The number of esters is 1. The minimum atomic E-state index is -0.648. The van der Waals surface area contributed by atoms with E-state index in [1.807, 2.05) is 36.4 Å². The second-order valence-corrected chi connectivity index (χ2v) is 8.61. The number of methoxy groups -OCH3 is 1. The smallest absolute Gasteiger partial charge is 0.410 e. The Hall–Kier alpha value is -4.13. The average Bonchev–Trinajstić information content (AvgIpc) is 2.93. The second-order valence-electron chi connectivity index (χ2n) is 8.61. The average molecular weight is 488 g/mol. The number of piperidine rings is 1. The molecule has 1 amide bonds. The van der Waals surface area contributed by atoms with E-state index in [0.717, 1.165) is 5.56 Å². The molecule has 1 aliphatic heterocycles. The fourth-order valence-electron chi connectivity index (χ4n) is 4.29. The van der Waals surface area contributed by atoms with Crippen LogP contribution in [0, 0.1) is 0 Å². The lowest BCUT2D eigenvalue weighted by Gasteiger charge is -2.39. The normalized spacial score (nSPS) is 17.2. The molecule has 1 saturated heterocycles. The Kier molecular flexibility index (Phi) is 8.34. The number of hydrogen-bond acceptors (Lipinski definition) is 6. The van der Waals surface area contributed by atoms with Crippen molar-refractivity contribution in [2.45, 2.75) is 38.0 Å². The molecule has 1 heterocycles. The third-order valence-electron chi connectivity index (χ3n) is 6.23. The molecule has 0 aromatic heterocycles. The Balaban J connectivity index is 1.52. The molecule has 1 aliphatic rings. The number of carbonyl (C=O) groups excluding carboxylic acids is 3. The molecular formula is C29H29NO6. The van der Waals surface area contributed by atoms with E-state index in [1.54, 1.807) is 55.6 Å². The molecule has 0 bridgehead atoms. The van der Waals surface area contributed by atoms with Gasteiger partial charge in [-0.1, -0.05) is 60.7 Å². The van der Waals surface area contributed by atoms with Crippen LogP contribution in [0.5, 0.6) is 5.75 Å². The van der Waals surface area contributed by atoms with Gasteiger partial charge in [0.25, 0.3) is 0 Å². The highest BCUT2D eigenvalue weighted by atomic mass is 16.6. The number of ketones is 1. The summed E-state index contributed by atoms with van der Waals surface area (Å²) < 4.78 is 16.6. The van der Waals surface area contributed by atoms with Gasteiger partial charge in [-0.25, -0.2) is 9.59 Å². The molecule has 186 valence electrons. The first-order valence-corrected chi connectivity index (χ1v) is 12.0. The molecule has 3 aromatic carbocycles. The first-order valence-electron chi connectivity index (χ1n) is 12.0. The van der Waals surface area contributed by atoms with Gasteiger partial charge in [-0.15, -0.1) is 0 Å². The Bertz CT molecular complexity index is 1160. The summed E-state index contributed by atoms with van der Waals surface area (Å²) in [6, 6.07) is 24.3. The molecule has 0 spiro atoms. The number of amides is 1. The van der Waals surface area contributed by atoms with Gasteiger partial charge in [0.15, 0.2) is 5.78 Å². The molecule has 1 fully saturated rings. The lowest BCUT2D eigenvalue weighted by Crippen LogP contribution is -2.53. The zero-order valence-corrected chi connectivity index (χ0v) is 20.2. The summed E-state index contributed by atoms with van der Waals surface area (Å²) in [4.78, 5) is 40.7. The lowest BCUT2D eigenvalue weighted by molar-refractivity contribution is -0.0241. The van der Waals surface area contributed by atoms with E-state index >= 15 is 0 Å². The minimum Gasteiger partial charge on any atom is -0.497 e. The monoisotopic (exact) mass is 487 g/mol. The van der Waals surface area contributed by atoms with E-state index in [1.165, 1.54) is 4.90 Å². The van der Waals surface area contributed by atoms with E-state index in [4.69, 9.17) is 14.2 Å². The minimum absolute atomic E-state index is 0.0189. The van der Waals surface area contributed by atoms with Crippen LogP contribution in [0.3, 0.4) is 0 Å². The van der Waals surface area contributed by atoms with Crippen LogP contribution in [0.25, 0.3) is 0 Å². The number of likely N-dealkylation sites (tertiary alicyclic amines) is 1. The highest BCUT2D eigenvalue weighted by molar-refractivity contribution is 5.96. The van der Waals surface area contributed by atoms with E-state index in [9.17, 15) is 14.4 Å². The Labute approximate surface area is 210 Å². The quantitative estimate of drug-likeness (QED) is 0.317. The van der Waals surface area contributed by atoms with Crippen molar-refractivity contribution >= 4 is 17.8 Å². The van der Waals surface area contributed by atoms with Gasteiger partial charge in [-0.2, -0.15) is 0 Å². The molecule has 0 unspecified atom stereocenters. The van der Waals surface area contributed by atoms with Gasteiger partial charge in [0, 0.05) is 18.5 Å². The first-order chi connectivity index (χ1) is 17.5. The first kappa shape index (κ1) is 25.0. The van der Waals surface area contributed by atoms with Crippen molar-refractivity contribution in [2.75, 3.05) is 13.7 Å². The standard InChI is InChI=1S/C29H29NO6/c1-34-24-16-14-23(15-17-24)28(32)36-27-13-8-18-30(29(33)35-20-21-9-4-2-5-10-21)25(27)19-26(31)22-11-6-3-7-12-22/h2-7,9-12,14-17,25,27H,8,13,18-20H2,1H3/t25-,27+/m1/s1. The zero-order chi connectivity index (χ0) is 25.3. The van der Waals surface area contributed by atoms with Crippen molar-refractivity contribution in [3.05, 3.63) is 102 Å². The van der Waals surface area contributed by atoms with Crippen LogP contribution in [0.4, 0.5) is 4.79 Å². The van der Waals surface area contributed by atoms with Crippen LogP contribution >= 0.6 is 0 Å². The molecule has 2 atom stereocenters. The molecule has 4 rings (SSSR count).